The molecule has 0 bridgehead atoms. The fraction of sp³-hybridized carbons (Fsp3) is 0.462. The minimum atomic E-state index is -0.245. The lowest BCUT2D eigenvalue weighted by Crippen LogP contribution is -2.43. The molecular formula is C13H20N2O2. The van der Waals surface area contributed by atoms with E-state index in [1.54, 1.807) is 18.2 Å². The van der Waals surface area contributed by atoms with Gasteiger partial charge in [-0.1, -0.05) is 6.07 Å². The lowest BCUT2D eigenvalue weighted by Gasteiger charge is -2.20. The quantitative estimate of drug-likeness (QED) is 0.787. The molecule has 1 amide bonds. The minimum Gasteiger partial charge on any atom is -0.483 e. The molecule has 1 aromatic carbocycles. The lowest BCUT2D eigenvalue weighted by atomic mass is 10.1. The molecule has 17 heavy (non-hydrogen) atoms. The summed E-state index contributed by atoms with van der Waals surface area (Å²) in [6, 6.07) is 5.41. The van der Waals surface area contributed by atoms with Gasteiger partial charge in [-0.2, -0.15) is 0 Å². The van der Waals surface area contributed by atoms with E-state index in [-0.39, 0.29) is 18.1 Å². The van der Waals surface area contributed by atoms with Crippen molar-refractivity contribution in [2.45, 2.75) is 33.2 Å². The summed E-state index contributed by atoms with van der Waals surface area (Å²) in [5.41, 5.74) is 7.03. The summed E-state index contributed by atoms with van der Waals surface area (Å²) in [6.45, 7) is 7.65. The topological polar surface area (TPSA) is 64.3 Å². The van der Waals surface area contributed by atoms with Crippen LogP contribution in [0.25, 0.3) is 0 Å². The standard InChI is InChI=1S/C13H20N2O2/c1-9-10(14)6-5-7-11(9)17-8-12(16)15-13(2,3)4/h5-7H,8,14H2,1-4H3,(H,15,16). The average molecular weight is 236 g/mol. The van der Waals surface area contributed by atoms with Crippen LogP contribution >= 0.6 is 0 Å². The third-order valence-electron chi connectivity index (χ3n) is 2.20. The van der Waals surface area contributed by atoms with E-state index in [9.17, 15) is 4.79 Å². The summed E-state index contributed by atoms with van der Waals surface area (Å²) in [5, 5.41) is 2.83. The first-order chi connectivity index (χ1) is 7.79. The van der Waals surface area contributed by atoms with Gasteiger partial charge in [0.15, 0.2) is 6.61 Å². The Labute approximate surface area is 102 Å². The molecule has 0 aliphatic heterocycles. The fourth-order valence-electron chi connectivity index (χ4n) is 1.39. The Bertz CT molecular complexity index is 408. The Hall–Kier alpha value is -1.71. The van der Waals surface area contributed by atoms with Crippen molar-refractivity contribution in [1.82, 2.24) is 5.32 Å². The average Bonchev–Trinajstić information content (AvgIpc) is 2.18. The Morgan fingerprint density at radius 3 is 2.65 bits per heavy atom. The summed E-state index contributed by atoms with van der Waals surface area (Å²) >= 11 is 0. The highest BCUT2D eigenvalue weighted by atomic mass is 16.5. The van der Waals surface area contributed by atoms with Gasteiger partial charge in [0.25, 0.3) is 5.91 Å². The van der Waals surface area contributed by atoms with Crippen molar-refractivity contribution < 1.29 is 9.53 Å². The Morgan fingerprint density at radius 2 is 2.06 bits per heavy atom. The number of nitrogens with two attached hydrogens (primary N) is 1. The zero-order chi connectivity index (χ0) is 13.1. The van der Waals surface area contributed by atoms with Gasteiger partial charge in [0.2, 0.25) is 0 Å². The molecule has 3 N–H and O–H groups in total. The van der Waals surface area contributed by atoms with E-state index in [1.165, 1.54) is 0 Å². The molecule has 0 heterocycles. The van der Waals surface area contributed by atoms with Gasteiger partial charge in [0.05, 0.1) is 0 Å². The molecular weight excluding hydrogens is 216 g/mol. The number of hydrogen-bond donors (Lipinski definition) is 2. The van der Waals surface area contributed by atoms with Crippen molar-refractivity contribution >= 4 is 11.6 Å². The smallest absolute Gasteiger partial charge is 0.258 e. The van der Waals surface area contributed by atoms with Crippen LogP contribution in [0.5, 0.6) is 5.75 Å². The Balaban J connectivity index is 2.56. The maximum absolute atomic E-state index is 11.6. The second kappa shape index (κ2) is 5.08. The maximum Gasteiger partial charge on any atom is 0.258 e. The van der Waals surface area contributed by atoms with Crippen molar-refractivity contribution in [3.63, 3.8) is 0 Å². The third-order valence-corrected chi connectivity index (χ3v) is 2.20. The molecule has 1 aromatic rings. The molecule has 0 unspecified atom stereocenters. The normalized spacial score (nSPS) is 11.1. The van der Waals surface area contributed by atoms with Gasteiger partial charge in [0.1, 0.15) is 5.75 Å². The van der Waals surface area contributed by atoms with E-state index >= 15 is 0 Å². The van der Waals surface area contributed by atoms with Gasteiger partial charge in [0, 0.05) is 16.8 Å². The molecule has 0 aliphatic rings. The molecule has 0 radical (unpaired) electrons. The lowest BCUT2D eigenvalue weighted by molar-refractivity contribution is -0.124. The van der Waals surface area contributed by atoms with E-state index in [4.69, 9.17) is 10.5 Å². The largest absolute Gasteiger partial charge is 0.483 e. The van der Waals surface area contributed by atoms with Crippen LogP contribution in [0.15, 0.2) is 18.2 Å². The molecule has 0 aliphatic carbocycles. The van der Waals surface area contributed by atoms with Crippen LogP contribution in [0.4, 0.5) is 5.69 Å². The SMILES string of the molecule is Cc1c(N)cccc1OCC(=O)NC(C)(C)C. The van der Waals surface area contributed by atoms with Crippen LogP contribution < -0.4 is 15.8 Å². The number of nitrogen functional groups attached to an aromatic ring is 1. The number of ether oxygens (including phenoxy) is 1. The number of carbonyl (C=O) groups is 1. The number of amides is 1. The summed E-state index contributed by atoms with van der Waals surface area (Å²) in [5.74, 6) is 0.508. The van der Waals surface area contributed by atoms with Gasteiger partial charge >= 0.3 is 0 Å². The number of benzene rings is 1. The molecule has 0 saturated heterocycles. The molecule has 1 rings (SSSR count). The summed E-state index contributed by atoms with van der Waals surface area (Å²) in [4.78, 5) is 11.6. The van der Waals surface area contributed by atoms with Crippen molar-refractivity contribution in [3.05, 3.63) is 23.8 Å². The summed E-state index contributed by atoms with van der Waals surface area (Å²) in [6.07, 6.45) is 0. The summed E-state index contributed by atoms with van der Waals surface area (Å²) in [7, 11) is 0. The third kappa shape index (κ3) is 4.34. The van der Waals surface area contributed by atoms with E-state index in [2.05, 4.69) is 5.32 Å². The number of rotatable bonds is 3. The highest BCUT2D eigenvalue weighted by Gasteiger charge is 2.14. The van der Waals surface area contributed by atoms with Crippen LogP contribution in [0, 0.1) is 6.92 Å². The van der Waals surface area contributed by atoms with E-state index in [1.807, 2.05) is 27.7 Å². The monoisotopic (exact) mass is 236 g/mol. The molecule has 0 fully saturated rings. The Morgan fingerprint density at radius 1 is 1.41 bits per heavy atom. The molecule has 4 heteroatoms. The fourth-order valence-corrected chi connectivity index (χ4v) is 1.39. The van der Waals surface area contributed by atoms with E-state index in [0.29, 0.717) is 11.4 Å². The molecule has 0 saturated carbocycles. The van der Waals surface area contributed by atoms with Crippen LogP contribution in [0.3, 0.4) is 0 Å². The van der Waals surface area contributed by atoms with Crippen LogP contribution in [-0.2, 0) is 4.79 Å². The van der Waals surface area contributed by atoms with Gasteiger partial charge in [-0.25, -0.2) is 0 Å². The van der Waals surface area contributed by atoms with Crippen LogP contribution in [-0.4, -0.2) is 18.1 Å². The summed E-state index contributed by atoms with van der Waals surface area (Å²) < 4.78 is 5.43. The number of anilines is 1. The van der Waals surface area contributed by atoms with Crippen molar-refractivity contribution in [2.75, 3.05) is 12.3 Å². The first-order valence-electron chi connectivity index (χ1n) is 5.58. The molecule has 4 nitrogen and oxygen atoms in total. The van der Waals surface area contributed by atoms with Gasteiger partial charge in [-0.3, -0.25) is 4.79 Å². The van der Waals surface area contributed by atoms with Crippen molar-refractivity contribution in [3.8, 4) is 5.75 Å². The number of carbonyl (C=O) groups excluding carboxylic acids is 1. The minimum absolute atomic E-state index is 0.00155. The van der Waals surface area contributed by atoms with Crippen LogP contribution in [0.2, 0.25) is 0 Å². The molecule has 0 atom stereocenters. The predicted molar refractivity (Wildman–Crippen MR) is 69.0 cm³/mol. The molecule has 0 aromatic heterocycles. The van der Waals surface area contributed by atoms with Gasteiger partial charge in [-0.05, 0) is 39.8 Å². The van der Waals surface area contributed by atoms with E-state index in [0.717, 1.165) is 5.56 Å². The number of nitrogens with one attached hydrogen (secondary N) is 1. The number of hydrogen-bond acceptors (Lipinski definition) is 3. The van der Waals surface area contributed by atoms with Gasteiger partial charge < -0.3 is 15.8 Å². The highest BCUT2D eigenvalue weighted by molar-refractivity contribution is 5.78. The Kier molecular flexibility index (Phi) is 3.99. The van der Waals surface area contributed by atoms with Crippen molar-refractivity contribution in [2.24, 2.45) is 0 Å². The van der Waals surface area contributed by atoms with Crippen molar-refractivity contribution in [1.29, 1.82) is 0 Å². The van der Waals surface area contributed by atoms with Gasteiger partial charge in [-0.15, -0.1) is 0 Å². The molecule has 94 valence electrons. The molecule has 0 spiro atoms. The predicted octanol–water partition coefficient (Wildman–Crippen LogP) is 1.87. The van der Waals surface area contributed by atoms with E-state index < -0.39 is 0 Å². The van der Waals surface area contributed by atoms with Crippen LogP contribution in [0.1, 0.15) is 26.3 Å². The first-order valence-corrected chi connectivity index (χ1v) is 5.58. The zero-order valence-corrected chi connectivity index (χ0v) is 10.8. The maximum atomic E-state index is 11.6. The highest BCUT2D eigenvalue weighted by Crippen LogP contribution is 2.22. The second-order valence-electron chi connectivity index (χ2n) is 5.06. The second-order valence-corrected chi connectivity index (χ2v) is 5.06. The first kappa shape index (κ1) is 13.4. The zero-order valence-electron chi connectivity index (χ0n) is 10.8.